The summed E-state index contributed by atoms with van der Waals surface area (Å²) in [5.74, 6) is 0.851. The Morgan fingerprint density at radius 3 is 2.75 bits per heavy atom. The number of halogens is 2. The van der Waals surface area contributed by atoms with E-state index in [4.69, 9.17) is 0 Å². The summed E-state index contributed by atoms with van der Waals surface area (Å²) in [7, 11) is 0. The van der Waals surface area contributed by atoms with Gasteiger partial charge in [0.15, 0.2) is 0 Å². The van der Waals surface area contributed by atoms with E-state index >= 15 is 0 Å². The number of rotatable bonds is 4. The molecule has 1 aromatic rings. The van der Waals surface area contributed by atoms with E-state index in [0.29, 0.717) is 0 Å². The van der Waals surface area contributed by atoms with Gasteiger partial charge in [-0.25, -0.2) is 4.39 Å². The summed E-state index contributed by atoms with van der Waals surface area (Å²) in [5.41, 5.74) is 0. The highest BCUT2D eigenvalue weighted by Gasteiger charge is 1.99. The number of thioether (sulfide) groups is 1. The van der Waals surface area contributed by atoms with Crippen molar-refractivity contribution in [1.29, 1.82) is 0 Å². The predicted molar refractivity (Wildman–Crippen MR) is 55.5 cm³/mol. The topological polar surface area (TPSA) is 0 Å². The molecule has 0 N–H and O–H groups in total. The SMILES string of the molecule is Fc1ccccc1SCCCBr. The smallest absolute Gasteiger partial charge is 0.136 e. The lowest BCUT2D eigenvalue weighted by Crippen LogP contribution is -1.83. The molecule has 0 aliphatic carbocycles. The lowest BCUT2D eigenvalue weighted by Gasteiger charge is -2.00. The van der Waals surface area contributed by atoms with Crippen molar-refractivity contribution in [1.82, 2.24) is 0 Å². The van der Waals surface area contributed by atoms with Gasteiger partial charge in [-0.1, -0.05) is 28.1 Å². The van der Waals surface area contributed by atoms with Crippen LogP contribution in [0.1, 0.15) is 6.42 Å². The highest BCUT2D eigenvalue weighted by Crippen LogP contribution is 2.21. The molecule has 0 nitrogen and oxygen atoms in total. The molecule has 0 bridgehead atoms. The van der Waals surface area contributed by atoms with Crippen molar-refractivity contribution in [3.8, 4) is 0 Å². The molecular weight excluding hydrogens is 239 g/mol. The van der Waals surface area contributed by atoms with Gasteiger partial charge in [0.1, 0.15) is 5.82 Å². The first-order valence-electron chi connectivity index (χ1n) is 3.78. The zero-order valence-corrected chi connectivity index (χ0v) is 9.00. The van der Waals surface area contributed by atoms with Crippen LogP contribution in [-0.2, 0) is 0 Å². The van der Waals surface area contributed by atoms with Gasteiger partial charge < -0.3 is 0 Å². The molecule has 3 heteroatoms. The third kappa shape index (κ3) is 3.15. The van der Waals surface area contributed by atoms with Crippen LogP contribution >= 0.6 is 27.7 Å². The van der Waals surface area contributed by atoms with E-state index in [0.717, 1.165) is 22.4 Å². The first kappa shape index (κ1) is 10.1. The molecule has 66 valence electrons. The van der Waals surface area contributed by atoms with E-state index in [1.165, 1.54) is 6.07 Å². The molecule has 0 aliphatic rings. The largest absolute Gasteiger partial charge is 0.206 e. The average molecular weight is 249 g/mol. The van der Waals surface area contributed by atoms with Gasteiger partial charge >= 0.3 is 0 Å². The molecule has 0 fully saturated rings. The van der Waals surface area contributed by atoms with E-state index < -0.39 is 0 Å². The van der Waals surface area contributed by atoms with E-state index in [2.05, 4.69) is 15.9 Å². The maximum absolute atomic E-state index is 13.0. The van der Waals surface area contributed by atoms with E-state index in [-0.39, 0.29) is 5.82 Å². The fraction of sp³-hybridized carbons (Fsp3) is 0.333. The van der Waals surface area contributed by atoms with Crippen molar-refractivity contribution in [2.75, 3.05) is 11.1 Å². The van der Waals surface area contributed by atoms with Crippen molar-refractivity contribution < 1.29 is 4.39 Å². The van der Waals surface area contributed by atoms with Crippen LogP contribution in [0.15, 0.2) is 29.2 Å². The maximum atomic E-state index is 13.0. The first-order valence-corrected chi connectivity index (χ1v) is 5.88. The molecule has 0 atom stereocenters. The lowest BCUT2D eigenvalue weighted by atomic mass is 10.3. The van der Waals surface area contributed by atoms with Crippen LogP contribution in [0, 0.1) is 5.82 Å². The number of hydrogen-bond acceptors (Lipinski definition) is 1. The molecular formula is C9H10BrFS. The van der Waals surface area contributed by atoms with Crippen LogP contribution < -0.4 is 0 Å². The normalized spacial score (nSPS) is 10.2. The van der Waals surface area contributed by atoms with Crippen molar-refractivity contribution >= 4 is 27.7 Å². The van der Waals surface area contributed by atoms with Gasteiger partial charge in [-0.2, -0.15) is 0 Å². The third-order valence-corrected chi connectivity index (χ3v) is 3.07. The Hall–Kier alpha value is -0.0200. The van der Waals surface area contributed by atoms with Crippen LogP contribution in [0.25, 0.3) is 0 Å². The van der Waals surface area contributed by atoms with Crippen molar-refractivity contribution in [2.24, 2.45) is 0 Å². The van der Waals surface area contributed by atoms with Crippen molar-refractivity contribution in [3.63, 3.8) is 0 Å². The summed E-state index contributed by atoms with van der Waals surface area (Å²) >= 11 is 4.90. The molecule has 0 heterocycles. The van der Waals surface area contributed by atoms with E-state index in [9.17, 15) is 4.39 Å². The van der Waals surface area contributed by atoms with Crippen LogP contribution in [0.5, 0.6) is 0 Å². The standard InChI is InChI=1S/C9H10BrFS/c10-6-3-7-12-9-5-2-1-4-8(9)11/h1-2,4-5H,3,6-7H2. The minimum atomic E-state index is -0.114. The molecule has 0 saturated carbocycles. The number of alkyl halides is 1. The van der Waals surface area contributed by atoms with E-state index in [1.807, 2.05) is 12.1 Å². The fourth-order valence-electron chi connectivity index (χ4n) is 0.798. The van der Waals surface area contributed by atoms with Crippen LogP contribution in [-0.4, -0.2) is 11.1 Å². The van der Waals surface area contributed by atoms with Gasteiger partial charge in [-0.15, -0.1) is 11.8 Å². The van der Waals surface area contributed by atoms with Gasteiger partial charge in [0.2, 0.25) is 0 Å². The summed E-state index contributed by atoms with van der Waals surface area (Å²) in [6.07, 6.45) is 1.07. The Kier molecular flexibility index (Phi) is 4.69. The Balaban J connectivity index is 2.46. The summed E-state index contributed by atoms with van der Waals surface area (Å²) in [6, 6.07) is 6.88. The Labute approximate surface area is 84.7 Å². The molecule has 0 spiro atoms. The summed E-state index contributed by atoms with van der Waals surface area (Å²) in [4.78, 5) is 0.749. The summed E-state index contributed by atoms with van der Waals surface area (Å²) in [6.45, 7) is 0. The molecule has 0 saturated heterocycles. The monoisotopic (exact) mass is 248 g/mol. The molecule has 0 aliphatic heterocycles. The Morgan fingerprint density at radius 1 is 1.33 bits per heavy atom. The van der Waals surface area contributed by atoms with E-state index in [1.54, 1.807) is 17.8 Å². The van der Waals surface area contributed by atoms with Crippen LogP contribution in [0.2, 0.25) is 0 Å². The minimum absolute atomic E-state index is 0.114. The Bertz CT molecular complexity index is 240. The van der Waals surface area contributed by atoms with Crippen molar-refractivity contribution in [2.45, 2.75) is 11.3 Å². The van der Waals surface area contributed by atoms with Gasteiger partial charge in [-0.3, -0.25) is 0 Å². The molecule has 0 unspecified atom stereocenters. The number of benzene rings is 1. The minimum Gasteiger partial charge on any atom is -0.206 e. The van der Waals surface area contributed by atoms with Gasteiger partial charge in [0.25, 0.3) is 0 Å². The zero-order chi connectivity index (χ0) is 8.81. The molecule has 12 heavy (non-hydrogen) atoms. The highest BCUT2D eigenvalue weighted by atomic mass is 79.9. The third-order valence-electron chi connectivity index (χ3n) is 1.37. The molecule has 1 aromatic carbocycles. The molecule has 0 amide bonds. The second-order valence-electron chi connectivity index (χ2n) is 2.32. The first-order chi connectivity index (χ1) is 5.84. The average Bonchev–Trinajstić information content (AvgIpc) is 2.09. The van der Waals surface area contributed by atoms with Crippen LogP contribution in [0.4, 0.5) is 4.39 Å². The fourth-order valence-corrected chi connectivity index (χ4v) is 2.34. The summed E-state index contributed by atoms with van der Waals surface area (Å²) < 4.78 is 13.0. The Morgan fingerprint density at radius 2 is 2.08 bits per heavy atom. The summed E-state index contributed by atoms with van der Waals surface area (Å²) in [5, 5.41) is 0.981. The van der Waals surface area contributed by atoms with Gasteiger partial charge in [-0.05, 0) is 24.3 Å². The molecule has 0 aromatic heterocycles. The lowest BCUT2D eigenvalue weighted by molar-refractivity contribution is 0.602. The number of hydrogen-bond donors (Lipinski definition) is 0. The second kappa shape index (κ2) is 5.60. The zero-order valence-electron chi connectivity index (χ0n) is 6.59. The maximum Gasteiger partial charge on any atom is 0.136 e. The van der Waals surface area contributed by atoms with Crippen molar-refractivity contribution in [3.05, 3.63) is 30.1 Å². The predicted octanol–water partition coefficient (Wildman–Crippen LogP) is 3.70. The molecule has 0 radical (unpaired) electrons. The van der Waals surface area contributed by atoms with Gasteiger partial charge in [0, 0.05) is 10.2 Å². The quantitative estimate of drug-likeness (QED) is 0.445. The molecule has 1 rings (SSSR count). The second-order valence-corrected chi connectivity index (χ2v) is 4.25. The van der Waals surface area contributed by atoms with Gasteiger partial charge in [0.05, 0.1) is 0 Å². The highest BCUT2D eigenvalue weighted by molar-refractivity contribution is 9.09. The van der Waals surface area contributed by atoms with Crippen LogP contribution in [0.3, 0.4) is 0 Å².